The van der Waals surface area contributed by atoms with Gasteiger partial charge in [-0.2, -0.15) is 13.2 Å². The van der Waals surface area contributed by atoms with Gasteiger partial charge >= 0.3 is 6.18 Å². The van der Waals surface area contributed by atoms with Gasteiger partial charge in [-0.15, -0.1) is 0 Å². The fraction of sp³-hybridized carbons (Fsp3) is 0.682. The summed E-state index contributed by atoms with van der Waals surface area (Å²) in [7, 11) is -3.79. The maximum absolute atomic E-state index is 12.9. The maximum Gasteiger partial charge on any atom is 0.416 e. The Morgan fingerprint density at radius 3 is 2.28 bits per heavy atom. The Kier molecular flexibility index (Phi) is 7.88. The van der Waals surface area contributed by atoms with Crippen molar-refractivity contribution in [3.8, 4) is 0 Å². The molecule has 1 aromatic carbocycles. The molecular weight excluding hydrogens is 443 g/mol. The number of hydrogen-bond acceptors (Lipinski definition) is 4. The Morgan fingerprint density at radius 2 is 1.72 bits per heavy atom. The van der Waals surface area contributed by atoms with Crippen molar-refractivity contribution in [1.29, 1.82) is 0 Å². The summed E-state index contributed by atoms with van der Waals surface area (Å²) in [6.07, 6.45) is -2.20. The second-order valence-electron chi connectivity index (χ2n) is 9.08. The molecule has 0 aromatic heterocycles. The lowest BCUT2D eigenvalue weighted by Crippen LogP contribution is -2.52. The highest BCUT2D eigenvalue weighted by Crippen LogP contribution is 2.30. The molecule has 1 aromatic rings. The number of carbonyl (C=O) groups excluding carboxylic acids is 1. The Balaban J connectivity index is 1.49. The molecule has 1 heterocycles. The van der Waals surface area contributed by atoms with E-state index >= 15 is 0 Å². The summed E-state index contributed by atoms with van der Waals surface area (Å²) < 4.78 is 66.2. The summed E-state index contributed by atoms with van der Waals surface area (Å²) in [4.78, 5) is 17.1. The summed E-state index contributed by atoms with van der Waals surface area (Å²) in [5, 5.41) is 0. The zero-order valence-corrected chi connectivity index (χ0v) is 19.4. The van der Waals surface area contributed by atoms with E-state index in [2.05, 4.69) is 23.5 Å². The van der Waals surface area contributed by atoms with Gasteiger partial charge < -0.3 is 4.90 Å². The Hall–Kier alpha value is -1.65. The smallest absolute Gasteiger partial charge is 0.340 e. The minimum absolute atomic E-state index is 0.0928. The van der Waals surface area contributed by atoms with Gasteiger partial charge in [-0.05, 0) is 51.2 Å². The number of alkyl halides is 3. The predicted molar refractivity (Wildman–Crippen MR) is 116 cm³/mol. The Morgan fingerprint density at radius 1 is 1.09 bits per heavy atom. The van der Waals surface area contributed by atoms with Gasteiger partial charge in [0.25, 0.3) is 0 Å². The van der Waals surface area contributed by atoms with Gasteiger partial charge in [0.15, 0.2) is 0 Å². The molecule has 1 aliphatic heterocycles. The third-order valence-corrected chi connectivity index (χ3v) is 7.80. The SMILES string of the molecule is CC(C)N1CCN(C(=O)C2CCC(NS(=O)(=O)Cc3cccc(C(F)(F)F)c3)CC2)CC1. The number of sulfonamides is 1. The number of halogens is 3. The molecule has 1 aliphatic carbocycles. The molecule has 180 valence electrons. The lowest BCUT2D eigenvalue weighted by atomic mass is 9.85. The summed E-state index contributed by atoms with van der Waals surface area (Å²) >= 11 is 0. The van der Waals surface area contributed by atoms with E-state index in [1.807, 2.05) is 4.90 Å². The number of piperazine rings is 1. The van der Waals surface area contributed by atoms with Crippen LogP contribution in [0.15, 0.2) is 24.3 Å². The average Bonchev–Trinajstić information content (AvgIpc) is 2.73. The Labute approximate surface area is 188 Å². The van der Waals surface area contributed by atoms with Crippen molar-refractivity contribution in [2.45, 2.75) is 63.5 Å². The first kappa shape index (κ1) is 25.0. The van der Waals surface area contributed by atoms with E-state index in [9.17, 15) is 26.4 Å². The number of amides is 1. The Bertz CT molecular complexity index is 889. The van der Waals surface area contributed by atoms with Gasteiger partial charge in [0.05, 0.1) is 11.3 Å². The van der Waals surface area contributed by atoms with Gasteiger partial charge in [0.2, 0.25) is 15.9 Å². The van der Waals surface area contributed by atoms with Crippen molar-refractivity contribution in [3.63, 3.8) is 0 Å². The minimum Gasteiger partial charge on any atom is -0.340 e. The van der Waals surface area contributed by atoms with Gasteiger partial charge in [0, 0.05) is 44.2 Å². The van der Waals surface area contributed by atoms with Crippen LogP contribution in [0.1, 0.15) is 50.7 Å². The molecule has 1 amide bonds. The van der Waals surface area contributed by atoms with Crippen molar-refractivity contribution >= 4 is 15.9 Å². The first-order chi connectivity index (χ1) is 14.9. The van der Waals surface area contributed by atoms with Crippen LogP contribution in [-0.4, -0.2) is 62.4 Å². The number of rotatable bonds is 6. The molecule has 0 radical (unpaired) electrons. The molecule has 0 bridgehead atoms. The highest BCUT2D eigenvalue weighted by molar-refractivity contribution is 7.88. The molecule has 1 N–H and O–H groups in total. The molecule has 2 fully saturated rings. The normalized spacial score (nSPS) is 23.5. The molecule has 3 rings (SSSR count). The summed E-state index contributed by atoms with van der Waals surface area (Å²) in [6.45, 7) is 7.48. The summed E-state index contributed by atoms with van der Waals surface area (Å²) in [5.41, 5.74) is -0.768. The number of nitrogens with one attached hydrogen (secondary N) is 1. The first-order valence-electron chi connectivity index (χ1n) is 11.1. The minimum atomic E-state index is -4.51. The summed E-state index contributed by atoms with van der Waals surface area (Å²) in [5.74, 6) is -0.445. The van der Waals surface area contributed by atoms with Crippen molar-refractivity contribution < 1.29 is 26.4 Å². The monoisotopic (exact) mass is 475 g/mol. The lowest BCUT2D eigenvalue weighted by molar-refractivity contribution is -0.139. The third kappa shape index (κ3) is 6.68. The zero-order chi connectivity index (χ0) is 23.5. The van der Waals surface area contributed by atoms with Crippen LogP contribution in [0.25, 0.3) is 0 Å². The van der Waals surface area contributed by atoms with Crippen LogP contribution in [0, 0.1) is 5.92 Å². The highest BCUT2D eigenvalue weighted by Gasteiger charge is 2.33. The molecular formula is C22H32F3N3O3S. The molecule has 1 saturated heterocycles. The van der Waals surface area contributed by atoms with Crippen molar-refractivity contribution in [2.24, 2.45) is 5.92 Å². The van der Waals surface area contributed by atoms with Crippen molar-refractivity contribution in [1.82, 2.24) is 14.5 Å². The fourth-order valence-corrected chi connectivity index (χ4v) is 5.97. The molecule has 10 heteroatoms. The quantitative estimate of drug-likeness (QED) is 0.686. The van der Waals surface area contributed by atoms with Crippen LogP contribution in [0.2, 0.25) is 0 Å². The second-order valence-corrected chi connectivity index (χ2v) is 10.8. The number of hydrogen-bond donors (Lipinski definition) is 1. The first-order valence-corrected chi connectivity index (χ1v) is 12.8. The number of carbonyl (C=O) groups is 1. The fourth-order valence-electron chi connectivity index (χ4n) is 4.53. The molecule has 0 unspecified atom stereocenters. The van der Waals surface area contributed by atoms with Crippen LogP contribution in [0.3, 0.4) is 0 Å². The van der Waals surface area contributed by atoms with E-state index in [1.165, 1.54) is 12.1 Å². The number of nitrogens with zero attached hydrogens (tertiary/aromatic N) is 2. The van der Waals surface area contributed by atoms with Gasteiger partial charge in [-0.3, -0.25) is 9.69 Å². The standard InChI is InChI=1S/C22H32F3N3O3S/c1-16(2)27-10-12-28(13-11-27)21(29)18-6-8-20(9-7-18)26-32(30,31)15-17-4-3-5-19(14-17)22(23,24)25/h3-5,14,16,18,20,26H,6-13,15H2,1-2H3. The third-order valence-electron chi connectivity index (χ3n) is 6.39. The topological polar surface area (TPSA) is 69.7 Å². The largest absolute Gasteiger partial charge is 0.416 e. The maximum atomic E-state index is 12.9. The van der Waals surface area contributed by atoms with Gasteiger partial charge in [-0.1, -0.05) is 18.2 Å². The molecule has 32 heavy (non-hydrogen) atoms. The summed E-state index contributed by atoms with van der Waals surface area (Å²) in [6, 6.07) is 4.55. The van der Waals surface area contributed by atoms with Crippen LogP contribution in [-0.2, 0) is 26.7 Å². The lowest BCUT2D eigenvalue weighted by Gasteiger charge is -2.39. The zero-order valence-electron chi connectivity index (χ0n) is 18.6. The van der Waals surface area contributed by atoms with Crippen LogP contribution < -0.4 is 4.72 Å². The van der Waals surface area contributed by atoms with E-state index in [4.69, 9.17) is 0 Å². The average molecular weight is 476 g/mol. The molecule has 0 spiro atoms. The second kappa shape index (κ2) is 10.1. The van der Waals surface area contributed by atoms with E-state index in [1.54, 1.807) is 0 Å². The van der Waals surface area contributed by atoms with E-state index < -0.39 is 27.5 Å². The van der Waals surface area contributed by atoms with Crippen molar-refractivity contribution in [2.75, 3.05) is 26.2 Å². The molecule has 2 aliphatic rings. The predicted octanol–water partition coefficient (Wildman–Crippen LogP) is 3.24. The van der Waals surface area contributed by atoms with Crippen LogP contribution in [0.4, 0.5) is 13.2 Å². The molecule has 1 saturated carbocycles. The van der Waals surface area contributed by atoms with Gasteiger partial charge in [-0.25, -0.2) is 13.1 Å². The van der Waals surface area contributed by atoms with Crippen LogP contribution >= 0.6 is 0 Å². The van der Waals surface area contributed by atoms with Gasteiger partial charge in [0.1, 0.15) is 0 Å². The number of benzene rings is 1. The highest BCUT2D eigenvalue weighted by atomic mass is 32.2. The molecule has 6 nitrogen and oxygen atoms in total. The van der Waals surface area contributed by atoms with E-state index in [0.29, 0.717) is 31.7 Å². The van der Waals surface area contributed by atoms with Crippen LogP contribution in [0.5, 0.6) is 0 Å². The van der Waals surface area contributed by atoms with E-state index in [0.717, 1.165) is 38.3 Å². The van der Waals surface area contributed by atoms with E-state index in [-0.39, 0.29) is 23.4 Å². The molecule has 0 atom stereocenters. The van der Waals surface area contributed by atoms with Crippen molar-refractivity contribution in [3.05, 3.63) is 35.4 Å².